The highest BCUT2D eigenvalue weighted by atomic mass is 35.5. The van der Waals surface area contributed by atoms with Crippen molar-refractivity contribution < 1.29 is 4.79 Å². The monoisotopic (exact) mass is 286 g/mol. The van der Waals surface area contributed by atoms with Gasteiger partial charge in [0, 0.05) is 5.39 Å². The zero-order valence-corrected chi connectivity index (χ0v) is 11.4. The highest BCUT2D eigenvalue weighted by Gasteiger charge is 2.14. The topological polar surface area (TPSA) is 70.7 Å². The molecule has 1 amide bonds. The lowest BCUT2D eigenvalue weighted by Crippen LogP contribution is -2.13. The van der Waals surface area contributed by atoms with Gasteiger partial charge in [-0.15, -0.1) is 0 Å². The van der Waals surface area contributed by atoms with Crippen molar-refractivity contribution >= 4 is 34.1 Å². The smallest absolute Gasteiger partial charge is 0.276 e. The number of amides is 1. The Labute approximate surface area is 120 Å². The lowest BCUT2D eigenvalue weighted by molar-refractivity contribution is 0.102. The van der Waals surface area contributed by atoms with E-state index < -0.39 is 0 Å². The normalized spacial score (nSPS) is 10.7. The summed E-state index contributed by atoms with van der Waals surface area (Å²) in [6.07, 6.45) is 1.52. The zero-order valence-electron chi connectivity index (χ0n) is 10.6. The summed E-state index contributed by atoms with van der Waals surface area (Å²) in [7, 11) is 0. The lowest BCUT2D eigenvalue weighted by Gasteiger charge is -2.05. The molecule has 20 heavy (non-hydrogen) atoms. The average molecular weight is 287 g/mol. The van der Waals surface area contributed by atoms with Crippen LogP contribution in [0.1, 0.15) is 16.1 Å². The molecule has 0 aliphatic rings. The maximum atomic E-state index is 12.2. The van der Waals surface area contributed by atoms with Gasteiger partial charge < -0.3 is 5.32 Å². The predicted octanol–water partition coefficient (Wildman–Crippen LogP) is 3.17. The van der Waals surface area contributed by atoms with Crippen LogP contribution in [0.4, 0.5) is 5.69 Å². The quantitative estimate of drug-likeness (QED) is 0.711. The number of aromatic nitrogens is 3. The summed E-state index contributed by atoms with van der Waals surface area (Å²) in [4.78, 5) is 16.2. The molecule has 6 heteroatoms. The molecule has 2 N–H and O–H groups in total. The van der Waals surface area contributed by atoms with Gasteiger partial charge in [0.25, 0.3) is 5.91 Å². The number of halogens is 1. The number of aryl methyl sites for hydroxylation is 1. The van der Waals surface area contributed by atoms with E-state index in [9.17, 15) is 4.79 Å². The molecular formula is C14H11ClN4O. The molecule has 5 nitrogen and oxygen atoms in total. The van der Waals surface area contributed by atoms with E-state index in [4.69, 9.17) is 11.6 Å². The van der Waals surface area contributed by atoms with Crippen LogP contribution in [-0.4, -0.2) is 21.1 Å². The summed E-state index contributed by atoms with van der Waals surface area (Å²) >= 11 is 5.85. The van der Waals surface area contributed by atoms with E-state index in [0.717, 1.165) is 16.5 Å². The van der Waals surface area contributed by atoms with Gasteiger partial charge in [0.05, 0.1) is 17.4 Å². The van der Waals surface area contributed by atoms with Crippen LogP contribution < -0.4 is 5.32 Å². The van der Waals surface area contributed by atoms with Crippen molar-refractivity contribution in [3.63, 3.8) is 0 Å². The number of anilines is 1. The summed E-state index contributed by atoms with van der Waals surface area (Å²) < 4.78 is 0. The Kier molecular flexibility index (Phi) is 3.12. The maximum Gasteiger partial charge on any atom is 0.276 e. The van der Waals surface area contributed by atoms with Crippen LogP contribution in [0.2, 0.25) is 5.15 Å². The number of pyridine rings is 1. The number of nitrogens with zero attached hydrogens (tertiary/aromatic N) is 2. The van der Waals surface area contributed by atoms with Crippen molar-refractivity contribution in [2.24, 2.45) is 0 Å². The Morgan fingerprint density at radius 1 is 1.35 bits per heavy atom. The van der Waals surface area contributed by atoms with Gasteiger partial charge in [-0.1, -0.05) is 29.8 Å². The molecule has 0 saturated carbocycles. The van der Waals surface area contributed by atoms with Crippen LogP contribution in [0.15, 0.2) is 36.5 Å². The predicted molar refractivity (Wildman–Crippen MR) is 78.0 cm³/mol. The number of hydrogen-bond acceptors (Lipinski definition) is 3. The second-order valence-electron chi connectivity index (χ2n) is 4.40. The van der Waals surface area contributed by atoms with E-state index in [2.05, 4.69) is 20.5 Å². The van der Waals surface area contributed by atoms with E-state index in [1.165, 1.54) is 6.20 Å². The minimum atomic E-state index is -0.286. The fourth-order valence-corrected chi connectivity index (χ4v) is 2.06. The van der Waals surface area contributed by atoms with Gasteiger partial charge >= 0.3 is 0 Å². The van der Waals surface area contributed by atoms with Crippen molar-refractivity contribution in [2.75, 3.05) is 5.32 Å². The molecule has 0 bridgehead atoms. The molecule has 2 aromatic heterocycles. The van der Waals surface area contributed by atoms with E-state index in [1.807, 2.05) is 31.2 Å². The molecular weight excluding hydrogens is 276 g/mol. The van der Waals surface area contributed by atoms with Crippen LogP contribution in [0.3, 0.4) is 0 Å². The van der Waals surface area contributed by atoms with Gasteiger partial charge in [0.2, 0.25) is 0 Å². The number of benzene rings is 1. The van der Waals surface area contributed by atoms with Crippen molar-refractivity contribution in [3.8, 4) is 0 Å². The van der Waals surface area contributed by atoms with Crippen LogP contribution in [0, 0.1) is 6.92 Å². The van der Waals surface area contributed by atoms with E-state index in [0.29, 0.717) is 16.5 Å². The van der Waals surface area contributed by atoms with Gasteiger partial charge in [-0.2, -0.15) is 5.10 Å². The van der Waals surface area contributed by atoms with Gasteiger partial charge in [-0.3, -0.25) is 9.89 Å². The molecule has 0 aliphatic carbocycles. The van der Waals surface area contributed by atoms with Gasteiger partial charge in [0.1, 0.15) is 5.15 Å². The third-order valence-electron chi connectivity index (χ3n) is 2.96. The maximum absolute atomic E-state index is 12.2. The van der Waals surface area contributed by atoms with Crippen LogP contribution in [-0.2, 0) is 0 Å². The van der Waals surface area contributed by atoms with Gasteiger partial charge in [-0.25, -0.2) is 4.98 Å². The number of H-pyrrole nitrogens is 1. The molecule has 0 saturated heterocycles. The summed E-state index contributed by atoms with van der Waals surface area (Å²) in [5.41, 5.74) is 2.57. The number of aromatic amines is 1. The molecule has 100 valence electrons. The number of nitrogens with one attached hydrogen (secondary N) is 2. The highest BCUT2D eigenvalue weighted by molar-refractivity contribution is 6.30. The third kappa shape index (κ3) is 2.23. The first kappa shape index (κ1) is 12.6. The van der Waals surface area contributed by atoms with Crippen molar-refractivity contribution in [3.05, 3.63) is 52.9 Å². The minimum Gasteiger partial charge on any atom is -0.319 e. The Hall–Kier alpha value is -2.40. The van der Waals surface area contributed by atoms with Gasteiger partial charge in [0.15, 0.2) is 5.69 Å². The molecule has 0 spiro atoms. The molecule has 0 fully saturated rings. The molecule has 3 aromatic rings. The molecule has 3 rings (SSSR count). The summed E-state index contributed by atoms with van der Waals surface area (Å²) in [6.45, 7) is 1.83. The summed E-state index contributed by atoms with van der Waals surface area (Å²) in [6, 6.07) is 9.23. The molecule has 1 aromatic carbocycles. The summed E-state index contributed by atoms with van der Waals surface area (Å²) in [5, 5.41) is 10.8. The van der Waals surface area contributed by atoms with Crippen LogP contribution >= 0.6 is 11.6 Å². The van der Waals surface area contributed by atoms with E-state index >= 15 is 0 Å². The highest BCUT2D eigenvalue weighted by Crippen LogP contribution is 2.19. The Morgan fingerprint density at radius 2 is 2.15 bits per heavy atom. The summed E-state index contributed by atoms with van der Waals surface area (Å²) in [5.74, 6) is -0.286. The fraction of sp³-hybridized carbons (Fsp3) is 0.0714. The van der Waals surface area contributed by atoms with E-state index in [1.54, 1.807) is 6.07 Å². The number of para-hydroxylation sites is 1. The SMILES string of the molecule is Cc1cc(NC(=O)c2n[nH]c3ccccc23)cnc1Cl. The first-order chi connectivity index (χ1) is 9.65. The van der Waals surface area contributed by atoms with Gasteiger partial charge in [-0.05, 0) is 24.6 Å². The molecule has 0 aliphatic heterocycles. The number of carbonyl (C=O) groups excluding carboxylic acids is 1. The second-order valence-corrected chi connectivity index (χ2v) is 4.76. The van der Waals surface area contributed by atoms with Crippen molar-refractivity contribution in [1.82, 2.24) is 15.2 Å². The fourth-order valence-electron chi connectivity index (χ4n) is 1.95. The molecule has 0 unspecified atom stereocenters. The lowest BCUT2D eigenvalue weighted by atomic mass is 10.2. The first-order valence-corrected chi connectivity index (χ1v) is 6.39. The van der Waals surface area contributed by atoms with Crippen LogP contribution in [0.25, 0.3) is 10.9 Å². The molecule has 0 radical (unpaired) electrons. The number of rotatable bonds is 2. The van der Waals surface area contributed by atoms with E-state index in [-0.39, 0.29) is 5.91 Å². The Balaban J connectivity index is 1.91. The third-order valence-corrected chi connectivity index (χ3v) is 3.35. The second kappa shape index (κ2) is 4.94. The largest absolute Gasteiger partial charge is 0.319 e. The minimum absolute atomic E-state index is 0.286. The van der Waals surface area contributed by atoms with Crippen molar-refractivity contribution in [1.29, 1.82) is 0 Å². The first-order valence-electron chi connectivity index (χ1n) is 6.02. The molecule has 0 atom stereocenters. The Morgan fingerprint density at radius 3 is 2.95 bits per heavy atom. The Bertz CT molecular complexity index is 797. The number of fused-ring (bicyclic) bond motifs is 1. The standard InChI is InChI=1S/C14H11ClN4O/c1-8-6-9(7-16-13(8)15)17-14(20)12-10-4-2-3-5-11(10)18-19-12/h2-7H,1H3,(H,17,20)(H,18,19). The zero-order chi connectivity index (χ0) is 14.1. The van der Waals surface area contributed by atoms with Crippen molar-refractivity contribution in [2.45, 2.75) is 6.92 Å². The van der Waals surface area contributed by atoms with Crippen LogP contribution in [0.5, 0.6) is 0 Å². The average Bonchev–Trinajstić information content (AvgIpc) is 2.87. The number of carbonyl (C=O) groups is 1. The molecule has 2 heterocycles. The number of hydrogen-bond donors (Lipinski definition) is 2.